The van der Waals surface area contributed by atoms with E-state index in [2.05, 4.69) is 10.3 Å². The van der Waals surface area contributed by atoms with E-state index in [1.54, 1.807) is 6.20 Å². The molecule has 1 aliphatic rings. The number of carbonyl (C=O) groups is 2. The van der Waals surface area contributed by atoms with Crippen molar-refractivity contribution in [3.8, 4) is 0 Å². The number of urea groups is 1. The van der Waals surface area contributed by atoms with Crippen LogP contribution in [0.3, 0.4) is 0 Å². The van der Waals surface area contributed by atoms with Crippen LogP contribution in [-0.2, 0) is 11.3 Å². The Morgan fingerprint density at radius 3 is 2.85 bits per heavy atom. The number of aliphatic carboxylic acids is 1. The van der Waals surface area contributed by atoms with Gasteiger partial charge in [-0.25, -0.2) is 9.59 Å². The van der Waals surface area contributed by atoms with Gasteiger partial charge in [-0.2, -0.15) is 0 Å². The minimum Gasteiger partial charge on any atom is -0.480 e. The fourth-order valence-electron chi connectivity index (χ4n) is 2.15. The number of β-amino-alcohol motifs (C(OH)–C–C–N with tert-alkyl or cyclic N) is 1. The van der Waals surface area contributed by atoms with Gasteiger partial charge in [0.05, 0.1) is 6.10 Å². The lowest BCUT2D eigenvalue weighted by Gasteiger charge is -2.21. The number of likely N-dealkylation sites (tertiary alicyclic amines) is 1. The average molecular weight is 279 g/mol. The molecule has 3 N–H and O–H groups in total. The Labute approximate surface area is 116 Å². The minimum atomic E-state index is -1.10. The van der Waals surface area contributed by atoms with Gasteiger partial charge in [-0.1, -0.05) is 6.07 Å². The summed E-state index contributed by atoms with van der Waals surface area (Å²) in [5, 5.41) is 21.2. The molecule has 1 aliphatic heterocycles. The number of aliphatic hydroxyl groups is 1. The third-order valence-electron chi connectivity index (χ3n) is 3.24. The van der Waals surface area contributed by atoms with Crippen LogP contribution in [-0.4, -0.2) is 50.8 Å². The molecule has 0 unspecified atom stereocenters. The number of pyridine rings is 1. The summed E-state index contributed by atoms with van der Waals surface area (Å²) in [4.78, 5) is 28.3. The van der Waals surface area contributed by atoms with Crippen molar-refractivity contribution >= 4 is 12.0 Å². The van der Waals surface area contributed by atoms with Gasteiger partial charge in [0.1, 0.15) is 6.04 Å². The highest BCUT2D eigenvalue weighted by Gasteiger charge is 2.38. The van der Waals surface area contributed by atoms with E-state index in [1.807, 2.05) is 19.1 Å². The molecule has 0 aromatic carbocycles. The van der Waals surface area contributed by atoms with Gasteiger partial charge in [-0.3, -0.25) is 4.98 Å². The molecule has 2 amide bonds. The molecule has 7 nitrogen and oxygen atoms in total. The van der Waals surface area contributed by atoms with Gasteiger partial charge in [0.15, 0.2) is 0 Å². The second kappa shape index (κ2) is 5.87. The van der Waals surface area contributed by atoms with Gasteiger partial charge in [-0.05, 0) is 18.6 Å². The van der Waals surface area contributed by atoms with Crippen LogP contribution in [0.2, 0.25) is 0 Å². The van der Waals surface area contributed by atoms with Crippen molar-refractivity contribution in [1.29, 1.82) is 0 Å². The lowest BCUT2D eigenvalue weighted by molar-refractivity contribution is -0.141. The number of aliphatic hydroxyl groups excluding tert-OH is 1. The molecule has 0 radical (unpaired) electrons. The maximum Gasteiger partial charge on any atom is 0.326 e. The van der Waals surface area contributed by atoms with Crippen molar-refractivity contribution in [2.45, 2.75) is 32.0 Å². The fourth-order valence-corrected chi connectivity index (χ4v) is 2.15. The van der Waals surface area contributed by atoms with E-state index < -0.39 is 24.1 Å². The van der Waals surface area contributed by atoms with Crippen LogP contribution >= 0.6 is 0 Å². The van der Waals surface area contributed by atoms with Crippen molar-refractivity contribution < 1.29 is 19.8 Å². The van der Waals surface area contributed by atoms with Crippen LogP contribution in [0.25, 0.3) is 0 Å². The molecule has 2 heterocycles. The molecule has 0 bridgehead atoms. The van der Waals surface area contributed by atoms with Crippen molar-refractivity contribution in [3.05, 3.63) is 29.6 Å². The van der Waals surface area contributed by atoms with E-state index in [9.17, 15) is 14.7 Å². The summed E-state index contributed by atoms with van der Waals surface area (Å²) in [5.41, 5.74) is 1.71. The Hall–Kier alpha value is -2.15. The van der Waals surface area contributed by atoms with E-state index in [0.29, 0.717) is 0 Å². The molecule has 1 fully saturated rings. The normalized spacial score (nSPS) is 21.8. The maximum absolute atomic E-state index is 12.0. The van der Waals surface area contributed by atoms with Crippen molar-refractivity contribution in [3.63, 3.8) is 0 Å². The Kier molecular flexibility index (Phi) is 4.19. The number of aryl methyl sites for hydroxylation is 1. The molecule has 2 atom stereocenters. The summed E-state index contributed by atoms with van der Waals surface area (Å²) < 4.78 is 0. The minimum absolute atomic E-state index is 0.0367. The van der Waals surface area contributed by atoms with E-state index in [1.165, 1.54) is 0 Å². The van der Waals surface area contributed by atoms with Crippen LogP contribution in [0.1, 0.15) is 17.7 Å². The maximum atomic E-state index is 12.0. The summed E-state index contributed by atoms with van der Waals surface area (Å²) >= 11 is 0. The Morgan fingerprint density at radius 2 is 2.25 bits per heavy atom. The van der Waals surface area contributed by atoms with Crippen molar-refractivity contribution in [1.82, 2.24) is 15.2 Å². The molecule has 20 heavy (non-hydrogen) atoms. The molecule has 0 spiro atoms. The molecule has 0 aliphatic carbocycles. The van der Waals surface area contributed by atoms with Crippen LogP contribution in [0.15, 0.2) is 18.3 Å². The van der Waals surface area contributed by atoms with E-state index in [-0.39, 0.29) is 19.5 Å². The predicted octanol–water partition coefficient (Wildman–Crippen LogP) is 0.119. The molecule has 0 saturated carbocycles. The molecule has 1 aromatic rings. The van der Waals surface area contributed by atoms with Gasteiger partial charge >= 0.3 is 12.0 Å². The van der Waals surface area contributed by atoms with Gasteiger partial charge < -0.3 is 20.4 Å². The standard InChI is InChI=1S/C13H17N3O4/c1-8-2-3-9(5-14-8)6-15-13(20)16-7-10(17)4-11(16)12(18)19/h2-3,5,10-11,17H,4,6-7H2,1H3,(H,15,20)(H,18,19)/t10-,11-/m1/s1. The summed E-state index contributed by atoms with van der Waals surface area (Å²) in [5.74, 6) is -1.10. The Bertz CT molecular complexity index is 503. The second-order valence-electron chi connectivity index (χ2n) is 4.86. The lowest BCUT2D eigenvalue weighted by Crippen LogP contribution is -2.45. The zero-order valence-corrected chi connectivity index (χ0v) is 11.1. The smallest absolute Gasteiger partial charge is 0.326 e. The first kappa shape index (κ1) is 14.3. The quantitative estimate of drug-likeness (QED) is 0.729. The number of hydrogen-bond acceptors (Lipinski definition) is 4. The van der Waals surface area contributed by atoms with Gasteiger partial charge in [0, 0.05) is 31.4 Å². The van der Waals surface area contributed by atoms with E-state index in [4.69, 9.17) is 5.11 Å². The molecule has 1 aromatic heterocycles. The molecule has 2 rings (SSSR count). The fraction of sp³-hybridized carbons (Fsp3) is 0.462. The van der Waals surface area contributed by atoms with Crippen LogP contribution in [0.4, 0.5) is 4.79 Å². The molecular formula is C13H17N3O4. The number of nitrogens with one attached hydrogen (secondary N) is 1. The highest BCUT2D eigenvalue weighted by Crippen LogP contribution is 2.18. The highest BCUT2D eigenvalue weighted by atomic mass is 16.4. The summed E-state index contributed by atoms with van der Waals surface area (Å²) in [6, 6.07) is 2.22. The largest absolute Gasteiger partial charge is 0.480 e. The monoisotopic (exact) mass is 279 g/mol. The lowest BCUT2D eigenvalue weighted by atomic mass is 10.2. The molecule has 1 saturated heterocycles. The van der Waals surface area contributed by atoms with E-state index in [0.717, 1.165) is 16.2 Å². The number of carbonyl (C=O) groups excluding carboxylic acids is 1. The summed E-state index contributed by atoms with van der Waals surface area (Å²) in [6.07, 6.45) is 0.931. The number of nitrogens with zero attached hydrogens (tertiary/aromatic N) is 2. The first-order valence-corrected chi connectivity index (χ1v) is 6.34. The zero-order chi connectivity index (χ0) is 14.7. The molecule has 7 heteroatoms. The average Bonchev–Trinajstić information content (AvgIpc) is 2.80. The number of carboxylic acids is 1. The third-order valence-corrected chi connectivity index (χ3v) is 3.24. The second-order valence-corrected chi connectivity index (χ2v) is 4.86. The van der Waals surface area contributed by atoms with Crippen molar-refractivity contribution in [2.75, 3.05) is 6.54 Å². The first-order valence-electron chi connectivity index (χ1n) is 6.34. The van der Waals surface area contributed by atoms with Crippen LogP contribution < -0.4 is 5.32 Å². The third kappa shape index (κ3) is 3.24. The van der Waals surface area contributed by atoms with Gasteiger partial charge in [0.25, 0.3) is 0 Å². The number of rotatable bonds is 3. The summed E-state index contributed by atoms with van der Waals surface area (Å²) in [7, 11) is 0. The van der Waals surface area contributed by atoms with Crippen molar-refractivity contribution in [2.24, 2.45) is 0 Å². The Morgan fingerprint density at radius 1 is 1.50 bits per heavy atom. The number of hydrogen-bond donors (Lipinski definition) is 3. The number of aromatic nitrogens is 1. The molecule has 108 valence electrons. The summed E-state index contributed by atoms with van der Waals surface area (Å²) in [6.45, 7) is 2.17. The number of carboxylic acid groups (broad SMARTS) is 1. The molecular weight excluding hydrogens is 262 g/mol. The highest BCUT2D eigenvalue weighted by molar-refractivity contribution is 5.83. The van der Waals surface area contributed by atoms with Gasteiger partial charge in [0.2, 0.25) is 0 Å². The van der Waals surface area contributed by atoms with E-state index >= 15 is 0 Å². The predicted molar refractivity (Wildman–Crippen MR) is 70.0 cm³/mol. The first-order chi connectivity index (χ1) is 9.47. The van der Waals surface area contributed by atoms with Crippen LogP contribution in [0.5, 0.6) is 0 Å². The van der Waals surface area contributed by atoms with Crippen LogP contribution in [0, 0.1) is 6.92 Å². The van der Waals surface area contributed by atoms with Gasteiger partial charge in [-0.15, -0.1) is 0 Å². The SMILES string of the molecule is Cc1ccc(CNC(=O)N2C[C@H](O)C[C@@H]2C(=O)O)cn1. The number of amides is 2. The Balaban J connectivity index is 1.94. The topological polar surface area (TPSA) is 103 Å². The zero-order valence-electron chi connectivity index (χ0n) is 11.1.